The summed E-state index contributed by atoms with van der Waals surface area (Å²) in [4.78, 5) is 40.4. The molecule has 1 N–H and O–H groups in total. The first kappa shape index (κ1) is 24.8. The number of hydrogen-bond donors (Lipinski definition) is 1. The Kier molecular flexibility index (Phi) is 6.70. The zero-order chi connectivity index (χ0) is 26.8. The van der Waals surface area contributed by atoms with E-state index in [0.29, 0.717) is 33.5 Å². The Balaban J connectivity index is 1.55. The molecule has 38 heavy (non-hydrogen) atoms. The Morgan fingerprint density at radius 3 is 2.42 bits per heavy atom. The van der Waals surface area contributed by atoms with Crippen LogP contribution in [0.2, 0.25) is 0 Å². The molecule has 192 valence electrons. The average Bonchev–Trinajstić information content (AvgIpc) is 3.48. The monoisotopic (exact) mass is 511 g/mol. The second-order valence-corrected chi connectivity index (χ2v) is 8.72. The number of methoxy groups -OCH3 is 1. The number of para-hydroxylation sites is 1. The lowest BCUT2D eigenvalue weighted by atomic mass is 9.94. The third-order valence-electron chi connectivity index (χ3n) is 6.39. The van der Waals surface area contributed by atoms with Crippen LogP contribution in [0.15, 0.2) is 94.6 Å². The molecule has 2 heterocycles. The number of nitrogens with zero attached hydrogens (tertiary/aromatic N) is 1. The van der Waals surface area contributed by atoms with Gasteiger partial charge in [-0.2, -0.15) is 0 Å². The summed E-state index contributed by atoms with van der Waals surface area (Å²) in [6.45, 7) is 2.03. The number of esters is 1. The Morgan fingerprint density at radius 1 is 1.00 bits per heavy atom. The van der Waals surface area contributed by atoms with Crippen LogP contribution in [0.1, 0.15) is 34.6 Å². The van der Waals surface area contributed by atoms with E-state index in [1.807, 2.05) is 6.07 Å². The van der Waals surface area contributed by atoms with Crippen molar-refractivity contribution in [3.63, 3.8) is 0 Å². The average molecular weight is 512 g/mol. The van der Waals surface area contributed by atoms with Gasteiger partial charge in [0.05, 0.1) is 31.8 Å². The van der Waals surface area contributed by atoms with E-state index in [-0.39, 0.29) is 30.3 Å². The molecule has 0 fully saturated rings. The Morgan fingerprint density at radius 2 is 1.74 bits per heavy atom. The van der Waals surface area contributed by atoms with E-state index < -0.39 is 23.5 Å². The van der Waals surface area contributed by atoms with Crippen LogP contribution in [-0.2, 0) is 20.7 Å². The molecule has 1 amide bonds. The Hall–Kier alpha value is -4.85. The van der Waals surface area contributed by atoms with Crippen LogP contribution in [0.3, 0.4) is 0 Å². The standard InChI is InChI=1S/C30H25NO7/c1-3-37-24(32)16-18-12-14-21(15-13-18)31-26(19-8-5-4-6-9-19)25(28(34)30(31)35)27(33)23-17-20-10-7-11-22(36-2)29(20)38-23/h4-15,17,26,34H,3,16H2,1-2H3. The highest BCUT2D eigenvalue weighted by Crippen LogP contribution is 2.42. The van der Waals surface area contributed by atoms with E-state index in [1.54, 1.807) is 79.7 Å². The van der Waals surface area contributed by atoms with Gasteiger partial charge in [-0.05, 0) is 42.3 Å². The number of anilines is 1. The van der Waals surface area contributed by atoms with Crippen molar-refractivity contribution in [1.82, 2.24) is 0 Å². The maximum Gasteiger partial charge on any atom is 0.310 e. The molecule has 8 nitrogen and oxygen atoms in total. The molecule has 1 aromatic heterocycles. The summed E-state index contributed by atoms with van der Waals surface area (Å²) >= 11 is 0. The number of Topliss-reactive ketones (excluding diaryl/α,β-unsaturated/α-hetero) is 1. The number of aliphatic hydroxyl groups excluding tert-OH is 1. The number of aliphatic hydroxyl groups is 1. The van der Waals surface area contributed by atoms with Gasteiger partial charge in [0, 0.05) is 11.1 Å². The van der Waals surface area contributed by atoms with E-state index in [4.69, 9.17) is 13.9 Å². The van der Waals surface area contributed by atoms with Crippen molar-refractivity contribution < 1.29 is 33.4 Å². The molecule has 3 aromatic carbocycles. The van der Waals surface area contributed by atoms with Crippen LogP contribution in [0.25, 0.3) is 11.0 Å². The van der Waals surface area contributed by atoms with Gasteiger partial charge in [0.1, 0.15) is 0 Å². The largest absolute Gasteiger partial charge is 0.503 e. The van der Waals surface area contributed by atoms with Crippen molar-refractivity contribution in [3.05, 3.63) is 107 Å². The molecule has 0 radical (unpaired) electrons. The number of carbonyl (C=O) groups excluding carboxylic acids is 3. The highest BCUT2D eigenvalue weighted by atomic mass is 16.5. The number of fused-ring (bicyclic) bond motifs is 1. The molecular formula is C30H25NO7. The maximum atomic E-state index is 13.8. The maximum absolute atomic E-state index is 13.8. The van der Waals surface area contributed by atoms with Gasteiger partial charge in [-0.25, -0.2) is 0 Å². The number of furan rings is 1. The lowest BCUT2D eigenvalue weighted by Crippen LogP contribution is -2.31. The van der Waals surface area contributed by atoms with E-state index in [1.165, 1.54) is 12.0 Å². The van der Waals surface area contributed by atoms with Gasteiger partial charge in [-0.1, -0.05) is 54.6 Å². The second-order valence-electron chi connectivity index (χ2n) is 8.72. The first-order valence-electron chi connectivity index (χ1n) is 12.1. The second kappa shape index (κ2) is 10.3. The van der Waals surface area contributed by atoms with Gasteiger partial charge < -0.3 is 19.0 Å². The number of benzene rings is 3. The fourth-order valence-electron chi connectivity index (χ4n) is 4.65. The first-order chi connectivity index (χ1) is 18.4. The minimum atomic E-state index is -0.901. The molecule has 0 bridgehead atoms. The van der Waals surface area contributed by atoms with Crippen LogP contribution in [0.5, 0.6) is 5.75 Å². The van der Waals surface area contributed by atoms with Crippen molar-refractivity contribution in [3.8, 4) is 5.75 Å². The van der Waals surface area contributed by atoms with Crippen molar-refractivity contribution in [2.75, 3.05) is 18.6 Å². The van der Waals surface area contributed by atoms with Gasteiger partial charge in [0.15, 0.2) is 22.9 Å². The molecule has 1 unspecified atom stereocenters. The highest BCUT2D eigenvalue weighted by Gasteiger charge is 2.45. The molecule has 0 aliphatic carbocycles. The number of carbonyl (C=O) groups is 3. The molecule has 5 rings (SSSR count). The molecule has 8 heteroatoms. The zero-order valence-corrected chi connectivity index (χ0v) is 20.8. The van der Waals surface area contributed by atoms with Gasteiger partial charge in [-0.15, -0.1) is 0 Å². The minimum absolute atomic E-state index is 0.0218. The van der Waals surface area contributed by atoms with Crippen LogP contribution < -0.4 is 9.64 Å². The van der Waals surface area contributed by atoms with Crippen molar-refractivity contribution >= 4 is 34.3 Å². The lowest BCUT2D eigenvalue weighted by molar-refractivity contribution is -0.142. The molecule has 0 saturated heterocycles. The van der Waals surface area contributed by atoms with Crippen LogP contribution in [0, 0.1) is 0 Å². The van der Waals surface area contributed by atoms with Gasteiger partial charge in [-0.3, -0.25) is 19.3 Å². The molecular weight excluding hydrogens is 486 g/mol. The van der Waals surface area contributed by atoms with Crippen LogP contribution in [-0.4, -0.2) is 36.5 Å². The number of ether oxygens (including phenoxy) is 2. The summed E-state index contributed by atoms with van der Waals surface area (Å²) in [6, 6.07) is 21.7. The summed E-state index contributed by atoms with van der Waals surface area (Å²) in [7, 11) is 1.50. The molecule has 1 aliphatic rings. The van der Waals surface area contributed by atoms with Crippen LogP contribution in [0.4, 0.5) is 5.69 Å². The van der Waals surface area contributed by atoms with Gasteiger partial charge in [0.25, 0.3) is 5.91 Å². The Bertz CT molecular complexity index is 1550. The molecule has 0 spiro atoms. The number of hydrogen-bond acceptors (Lipinski definition) is 7. The summed E-state index contributed by atoms with van der Waals surface area (Å²) in [5.74, 6) is -1.88. The van der Waals surface area contributed by atoms with Gasteiger partial charge in [0.2, 0.25) is 5.78 Å². The highest BCUT2D eigenvalue weighted by molar-refractivity contribution is 6.20. The zero-order valence-electron chi connectivity index (χ0n) is 20.8. The van der Waals surface area contributed by atoms with Crippen LogP contribution >= 0.6 is 0 Å². The van der Waals surface area contributed by atoms with E-state index in [2.05, 4.69) is 0 Å². The predicted octanol–water partition coefficient (Wildman–Crippen LogP) is 5.33. The number of rotatable bonds is 8. The number of amides is 1. The SMILES string of the molecule is CCOC(=O)Cc1ccc(N2C(=O)C(O)=C(C(=O)c3cc4cccc(OC)c4o3)C2c2ccccc2)cc1. The Labute approximate surface area is 218 Å². The van der Waals surface area contributed by atoms with Gasteiger partial charge >= 0.3 is 5.97 Å². The normalized spacial score (nSPS) is 15.3. The molecule has 1 atom stereocenters. The molecule has 1 aliphatic heterocycles. The van der Waals surface area contributed by atoms with Crippen molar-refractivity contribution in [1.29, 1.82) is 0 Å². The summed E-state index contributed by atoms with van der Waals surface area (Å²) in [5, 5.41) is 11.7. The third kappa shape index (κ3) is 4.41. The fraction of sp³-hybridized carbons (Fsp3) is 0.167. The topological polar surface area (TPSA) is 106 Å². The van der Waals surface area contributed by atoms with E-state index in [0.717, 1.165) is 0 Å². The van der Waals surface area contributed by atoms with E-state index >= 15 is 0 Å². The van der Waals surface area contributed by atoms with Crippen molar-refractivity contribution in [2.24, 2.45) is 0 Å². The summed E-state index contributed by atoms with van der Waals surface area (Å²) in [6.07, 6.45) is 0.0902. The lowest BCUT2D eigenvalue weighted by Gasteiger charge is -2.27. The predicted molar refractivity (Wildman–Crippen MR) is 140 cm³/mol. The summed E-state index contributed by atoms with van der Waals surface area (Å²) < 4.78 is 16.2. The van der Waals surface area contributed by atoms with Crippen molar-refractivity contribution in [2.45, 2.75) is 19.4 Å². The fourth-order valence-corrected chi connectivity index (χ4v) is 4.65. The third-order valence-corrected chi connectivity index (χ3v) is 6.39. The summed E-state index contributed by atoms with van der Waals surface area (Å²) in [5.41, 5.74) is 2.11. The molecule has 4 aromatic rings. The number of ketones is 1. The smallest absolute Gasteiger partial charge is 0.310 e. The van der Waals surface area contributed by atoms with E-state index in [9.17, 15) is 19.5 Å². The first-order valence-corrected chi connectivity index (χ1v) is 12.1. The molecule has 0 saturated carbocycles. The quantitative estimate of drug-likeness (QED) is 0.252. The minimum Gasteiger partial charge on any atom is -0.503 e.